The summed E-state index contributed by atoms with van der Waals surface area (Å²) in [7, 11) is -1.70. The van der Waals surface area contributed by atoms with E-state index in [-0.39, 0.29) is 17.6 Å². The minimum Gasteiger partial charge on any atom is -0.493 e. The summed E-state index contributed by atoms with van der Waals surface area (Å²) in [4.78, 5) is 21.4. The van der Waals surface area contributed by atoms with Gasteiger partial charge in [-0.05, 0) is 25.0 Å². The van der Waals surface area contributed by atoms with Gasteiger partial charge in [-0.1, -0.05) is 30.3 Å². The molecule has 0 saturated heterocycles. The van der Waals surface area contributed by atoms with Gasteiger partial charge < -0.3 is 20.8 Å². The number of aromatic amines is 1. The summed E-state index contributed by atoms with van der Waals surface area (Å²) >= 11 is 0. The van der Waals surface area contributed by atoms with Gasteiger partial charge in [-0.15, -0.1) is 0 Å². The van der Waals surface area contributed by atoms with E-state index in [1.807, 2.05) is 30.3 Å². The van der Waals surface area contributed by atoms with E-state index in [9.17, 15) is 8.42 Å². The predicted octanol–water partition coefficient (Wildman–Crippen LogP) is 2.68. The number of hydrogen-bond donors (Lipinski definition) is 4. The van der Waals surface area contributed by atoms with Gasteiger partial charge in [-0.3, -0.25) is 0 Å². The number of nitrogens with zero attached hydrogens (tertiary/aromatic N) is 4. The van der Waals surface area contributed by atoms with Gasteiger partial charge in [-0.25, -0.2) is 33.1 Å². The minimum atomic E-state index is -3.23. The molecule has 0 spiro atoms. The maximum absolute atomic E-state index is 12.0. The van der Waals surface area contributed by atoms with Crippen LogP contribution >= 0.6 is 0 Å². The summed E-state index contributed by atoms with van der Waals surface area (Å²) in [6.45, 7) is 0.590. The molecule has 3 aromatic heterocycles. The standard InChI is InChI=1S/C24H26N8O3S/c1-35-19-13-16(14-28-22(19)25)20-21(32-23(31-20)15-5-3-2-4-6-15)18-9-10-26-24(30-18)27-11-12-29-36(33,34)17-7-8-17/h2-6,9-10,13-14,17,29H,7-8,11-12H2,1H3,(H2,25,28)(H,31,32)(H,26,27,30). The summed E-state index contributed by atoms with van der Waals surface area (Å²) in [6, 6.07) is 13.3. The average molecular weight is 507 g/mol. The molecule has 5 rings (SSSR count). The molecule has 0 radical (unpaired) electrons. The molecule has 3 heterocycles. The highest BCUT2D eigenvalue weighted by Crippen LogP contribution is 2.34. The number of pyridine rings is 1. The van der Waals surface area contributed by atoms with Gasteiger partial charge in [0.15, 0.2) is 11.6 Å². The number of nitrogens with one attached hydrogen (secondary N) is 3. The Kier molecular flexibility index (Phi) is 6.53. The van der Waals surface area contributed by atoms with Crippen LogP contribution in [0.25, 0.3) is 34.0 Å². The van der Waals surface area contributed by atoms with Crippen LogP contribution in [-0.2, 0) is 10.0 Å². The molecule has 1 aliphatic carbocycles. The van der Waals surface area contributed by atoms with E-state index in [0.717, 1.165) is 24.0 Å². The third-order valence-electron chi connectivity index (χ3n) is 5.71. The third kappa shape index (κ3) is 5.14. The van der Waals surface area contributed by atoms with E-state index in [4.69, 9.17) is 15.5 Å². The number of benzene rings is 1. The molecule has 11 nitrogen and oxygen atoms in total. The van der Waals surface area contributed by atoms with Crippen LogP contribution in [0.3, 0.4) is 0 Å². The number of rotatable bonds is 10. The minimum absolute atomic E-state index is 0.245. The van der Waals surface area contributed by atoms with Crippen molar-refractivity contribution in [2.45, 2.75) is 18.1 Å². The average Bonchev–Trinajstić information content (AvgIpc) is 3.67. The Morgan fingerprint density at radius 1 is 1.08 bits per heavy atom. The second-order valence-electron chi connectivity index (χ2n) is 8.32. The smallest absolute Gasteiger partial charge is 0.223 e. The van der Waals surface area contributed by atoms with Gasteiger partial charge in [0.1, 0.15) is 11.5 Å². The van der Waals surface area contributed by atoms with Gasteiger partial charge >= 0.3 is 0 Å². The Bertz CT molecular complexity index is 1470. The fraction of sp³-hybridized carbons (Fsp3) is 0.250. The van der Waals surface area contributed by atoms with E-state index in [1.165, 1.54) is 7.11 Å². The molecule has 5 N–H and O–H groups in total. The fourth-order valence-corrected chi connectivity index (χ4v) is 5.07. The zero-order chi connectivity index (χ0) is 25.1. The molecule has 1 aromatic carbocycles. The van der Waals surface area contributed by atoms with Gasteiger partial charge in [0.25, 0.3) is 0 Å². The predicted molar refractivity (Wildman–Crippen MR) is 138 cm³/mol. The van der Waals surface area contributed by atoms with Crippen LogP contribution in [0, 0.1) is 0 Å². The highest BCUT2D eigenvalue weighted by Gasteiger charge is 2.35. The van der Waals surface area contributed by atoms with Gasteiger partial charge in [-0.2, -0.15) is 0 Å². The first-order valence-electron chi connectivity index (χ1n) is 11.5. The lowest BCUT2D eigenvalue weighted by Crippen LogP contribution is -2.31. The number of nitrogens with two attached hydrogens (primary N) is 1. The van der Waals surface area contributed by atoms with Crippen molar-refractivity contribution in [3.63, 3.8) is 0 Å². The molecule has 0 unspecified atom stereocenters. The maximum Gasteiger partial charge on any atom is 0.223 e. The number of H-pyrrole nitrogens is 1. The number of ether oxygens (including phenoxy) is 1. The number of anilines is 2. The molecule has 0 atom stereocenters. The molecule has 4 aromatic rings. The Morgan fingerprint density at radius 2 is 1.89 bits per heavy atom. The molecule has 1 fully saturated rings. The van der Waals surface area contributed by atoms with Crippen molar-refractivity contribution in [1.82, 2.24) is 29.6 Å². The first kappa shape index (κ1) is 23.7. The zero-order valence-corrected chi connectivity index (χ0v) is 20.4. The van der Waals surface area contributed by atoms with E-state index in [2.05, 4.69) is 30.0 Å². The first-order valence-corrected chi connectivity index (χ1v) is 13.0. The van der Waals surface area contributed by atoms with Crippen molar-refractivity contribution >= 4 is 21.8 Å². The number of methoxy groups -OCH3 is 1. The Hall–Kier alpha value is -4.03. The Balaban J connectivity index is 1.44. The second-order valence-corrected chi connectivity index (χ2v) is 10.4. The number of aromatic nitrogens is 5. The van der Waals surface area contributed by atoms with Crippen LogP contribution in [0.4, 0.5) is 11.8 Å². The number of sulfonamides is 1. The SMILES string of the molecule is COc1cc(-c2[nH]c(-c3ccccc3)nc2-c2ccnc(NCCNS(=O)(=O)C3CC3)n2)cnc1N. The highest BCUT2D eigenvalue weighted by atomic mass is 32.2. The molecule has 1 aliphatic rings. The van der Waals surface area contributed by atoms with Crippen molar-refractivity contribution < 1.29 is 13.2 Å². The fourth-order valence-electron chi connectivity index (χ4n) is 3.70. The van der Waals surface area contributed by atoms with Crippen molar-refractivity contribution in [3.05, 3.63) is 54.9 Å². The largest absolute Gasteiger partial charge is 0.493 e. The third-order valence-corrected chi connectivity index (χ3v) is 7.67. The summed E-state index contributed by atoms with van der Waals surface area (Å²) in [5, 5.41) is 2.82. The van der Waals surface area contributed by atoms with Crippen molar-refractivity contribution in [2.75, 3.05) is 31.2 Å². The second kappa shape index (κ2) is 9.91. The van der Waals surface area contributed by atoms with Gasteiger partial charge in [0.2, 0.25) is 16.0 Å². The summed E-state index contributed by atoms with van der Waals surface area (Å²) in [6.07, 6.45) is 4.72. The first-order chi connectivity index (χ1) is 17.4. The number of nitrogen functional groups attached to an aromatic ring is 1. The summed E-state index contributed by atoms with van der Waals surface area (Å²) < 4.78 is 32.0. The Labute approximate surface area is 208 Å². The quantitative estimate of drug-likeness (QED) is 0.237. The van der Waals surface area contributed by atoms with Crippen LogP contribution in [0.15, 0.2) is 54.9 Å². The van der Waals surface area contributed by atoms with E-state index >= 15 is 0 Å². The molecule has 36 heavy (non-hydrogen) atoms. The van der Waals surface area contributed by atoms with Crippen molar-refractivity contribution in [3.8, 4) is 39.8 Å². The highest BCUT2D eigenvalue weighted by molar-refractivity contribution is 7.90. The van der Waals surface area contributed by atoms with Crippen LogP contribution < -0.4 is 20.5 Å². The molecule has 12 heteroatoms. The van der Waals surface area contributed by atoms with E-state index in [0.29, 0.717) is 41.1 Å². The van der Waals surface area contributed by atoms with Crippen LogP contribution in [0.1, 0.15) is 12.8 Å². The van der Waals surface area contributed by atoms with Gasteiger partial charge in [0, 0.05) is 36.6 Å². The molecule has 186 valence electrons. The number of hydrogen-bond acceptors (Lipinski definition) is 9. The van der Waals surface area contributed by atoms with E-state index < -0.39 is 10.0 Å². The molecule has 0 aliphatic heterocycles. The lowest BCUT2D eigenvalue weighted by molar-refractivity contribution is 0.415. The molecule has 0 amide bonds. The normalized spacial score (nSPS) is 13.5. The lowest BCUT2D eigenvalue weighted by atomic mass is 10.1. The van der Waals surface area contributed by atoms with Crippen LogP contribution in [0.2, 0.25) is 0 Å². The molecular formula is C24H26N8O3S. The molecule has 0 bridgehead atoms. The van der Waals surface area contributed by atoms with Gasteiger partial charge in [0.05, 0.1) is 23.7 Å². The van der Waals surface area contributed by atoms with Crippen molar-refractivity contribution in [2.24, 2.45) is 0 Å². The zero-order valence-electron chi connectivity index (χ0n) is 19.6. The Morgan fingerprint density at radius 3 is 2.64 bits per heavy atom. The maximum atomic E-state index is 12.0. The molecular weight excluding hydrogens is 480 g/mol. The van der Waals surface area contributed by atoms with Crippen molar-refractivity contribution in [1.29, 1.82) is 0 Å². The summed E-state index contributed by atoms with van der Waals surface area (Å²) in [5.74, 6) is 1.77. The topological polar surface area (TPSA) is 161 Å². The van der Waals surface area contributed by atoms with Crippen LogP contribution in [0.5, 0.6) is 5.75 Å². The van der Waals surface area contributed by atoms with E-state index in [1.54, 1.807) is 24.5 Å². The number of imidazole rings is 1. The monoisotopic (exact) mass is 506 g/mol. The lowest BCUT2D eigenvalue weighted by Gasteiger charge is -2.09. The summed E-state index contributed by atoms with van der Waals surface area (Å²) in [5.41, 5.74) is 9.43. The van der Waals surface area contributed by atoms with Crippen LogP contribution in [-0.4, -0.2) is 58.8 Å². The molecule has 1 saturated carbocycles.